The van der Waals surface area contributed by atoms with Crippen LogP contribution >= 0.6 is 0 Å². The molecule has 1 N–H and O–H groups in total. The standard InChI is InChI=1S/C22H27N3O4/c1-22(2)15-25(17-6-3-4-7-18(17)29-22)14-20(26)23-16-9-11-24(12-10-16)21(27)19-8-5-13-28-19/h3-8,13,16H,9-12,14-15H2,1-2H3,(H,23,26). The van der Waals surface area contributed by atoms with Crippen LogP contribution < -0.4 is 15.0 Å². The van der Waals surface area contributed by atoms with E-state index in [9.17, 15) is 9.59 Å². The smallest absolute Gasteiger partial charge is 0.289 e. The predicted octanol–water partition coefficient (Wildman–Crippen LogP) is 2.68. The van der Waals surface area contributed by atoms with Gasteiger partial charge < -0.3 is 24.3 Å². The number of rotatable bonds is 4. The average molecular weight is 397 g/mol. The van der Waals surface area contributed by atoms with Gasteiger partial charge in [-0.1, -0.05) is 12.1 Å². The van der Waals surface area contributed by atoms with Crippen molar-refractivity contribution in [1.29, 1.82) is 0 Å². The zero-order chi connectivity index (χ0) is 20.4. The third-order valence-electron chi connectivity index (χ3n) is 5.38. The SMILES string of the molecule is CC1(C)CN(CC(=O)NC2CCN(C(=O)c3ccco3)CC2)c2ccccc2O1. The largest absolute Gasteiger partial charge is 0.484 e. The number of amides is 2. The maximum absolute atomic E-state index is 12.7. The number of benzene rings is 1. The van der Waals surface area contributed by atoms with Crippen LogP contribution in [0.2, 0.25) is 0 Å². The summed E-state index contributed by atoms with van der Waals surface area (Å²) in [4.78, 5) is 28.9. The summed E-state index contributed by atoms with van der Waals surface area (Å²) in [5, 5.41) is 3.14. The molecule has 4 rings (SSSR count). The summed E-state index contributed by atoms with van der Waals surface area (Å²) in [6.45, 7) is 6.21. The lowest BCUT2D eigenvalue weighted by Crippen LogP contribution is -2.52. The molecule has 1 saturated heterocycles. The fourth-order valence-electron chi connectivity index (χ4n) is 4.05. The van der Waals surface area contributed by atoms with Gasteiger partial charge >= 0.3 is 0 Å². The van der Waals surface area contributed by atoms with Crippen molar-refractivity contribution in [3.8, 4) is 5.75 Å². The van der Waals surface area contributed by atoms with Gasteiger partial charge in [0.25, 0.3) is 5.91 Å². The molecule has 0 atom stereocenters. The van der Waals surface area contributed by atoms with Crippen LogP contribution in [0.15, 0.2) is 47.1 Å². The van der Waals surface area contributed by atoms with Crippen molar-refractivity contribution < 1.29 is 18.7 Å². The zero-order valence-electron chi connectivity index (χ0n) is 16.9. The molecule has 0 saturated carbocycles. The molecule has 2 aromatic rings. The highest BCUT2D eigenvalue weighted by atomic mass is 16.5. The lowest BCUT2D eigenvalue weighted by Gasteiger charge is -2.40. The predicted molar refractivity (Wildman–Crippen MR) is 109 cm³/mol. The molecule has 154 valence electrons. The zero-order valence-corrected chi connectivity index (χ0v) is 16.9. The van der Waals surface area contributed by atoms with Crippen molar-refractivity contribution in [3.05, 3.63) is 48.4 Å². The van der Waals surface area contributed by atoms with Gasteiger partial charge in [0.15, 0.2) is 5.76 Å². The first-order valence-corrected chi connectivity index (χ1v) is 10.1. The Labute approximate surface area is 170 Å². The molecule has 1 aromatic heterocycles. The Hall–Kier alpha value is -2.96. The van der Waals surface area contributed by atoms with E-state index in [1.807, 2.05) is 38.1 Å². The Morgan fingerprint density at radius 1 is 1.14 bits per heavy atom. The number of piperidine rings is 1. The maximum Gasteiger partial charge on any atom is 0.289 e. The molecular weight excluding hydrogens is 370 g/mol. The van der Waals surface area contributed by atoms with E-state index in [0.29, 0.717) is 25.4 Å². The van der Waals surface area contributed by atoms with Gasteiger partial charge in [-0.15, -0.1) is 0 Å². The van der Waals surface area contributed by atoms with Gasteiger partial charge in [-0.05, 0) is 51.0 Å². The number of carbonyl (C=O) groups excluding carboxylic acids is 2. The van der Waals surface area contributed by atoms with E-state index in [1.165, 1.54) is 6.26 Å². The Balaban J connectivity index is 1.31. The number of nitrogens with one attached hydrogen (secondary N) is 1. The topological polar surface area (TPSA) is 75.0 Å². The molecule has 0 spiro atoms. The number of furan rings is 1. The van der Waals surface area contributed by atoms with Gasteiger partial charge in [0.1, 0.15) is 11.4 Å². The molecule has 0 unspecified atom stereocenters. The second kappa shape index (κ2) is 7.81. The molecule has 7 heteroatoms. The third kappa shape index (κ3) is 4.39. The van der Waals surface area contributed by atoms with Crippen molar-refractivity contribution in [3.63, 3.8) is 0 Å². The number of nitrogens with zero attached hydrogens (tertiary/aromatic N) is 2. The summed E-state index contributed by atoms with van der Waals surface area (Å²) in [6.07, 6.45) is 2.98. The summed E-state index contributed by atoms with van der Waals surface area (Å²) in [5.41, 5.74) is 0.590. The number of hydrogen-bond acceptors (Lipinski definition) is 5. The minimum atomic E-state index is -0.355. The number of ether oxygens (including phenoxy) is 1. The fraction of sp³-hybridized carbons (Fsp3) is 0.455. The highest BCUT2D eigenvalue weighted by molar-refractivity contribution is 5.91. The molecule has 2 aliphatic rings. The fourth-order valence-corrected chi connectivity index (χ4v) is 4.05. The molecule has 1 aromatic carbocycles. The molecule has 1 fully saturated rings. The van der Waals surface area contributed by atoms with Gasteiger partial charge in [0, 0.05) is 19.1 Å². The summed E-state index contributed by atoms with van der Waals surface area (Å²) < 4.78 is 11.2. The second-order valence-corrected chi connectivity index (χ2v) is 8.30. The van der Waals surface area contributed by atoms with Crippen LogP contribution in [0.25, 0.3) is 0 Å². The van der Waals surface area contributed by atoms with Crippen LogP contribution in [0.4, 0.5) is 5.69 Å². The Bertz CT molecular complexity index is 870. The molecule has 0 radical (unpaired) electrons. The van der Waals surface area contributed by atoms with Gasteiger partial charge in [-0.3, -0.25) is 9.59 Å². The van der Waals surface area contributed by atoms with Gasteiger partial charge in [0.2, 0.25) is 5.91 Å². The van der Waals surface area contributed by atoms with E-state index in [1.54, 1.807) is 17.0 Å². The normalized spacial score (nSPS) is 18.7. The first-order chi connectivity index (χ1) is 13.9. The van der Waals surface area contributed by atoms with E-state index in [0.717, 1.165) is 24.3 Å². The van der Waals surface area contributed by atoms with E-state index < -0.39 is 0 Å². The van der Waals surface area contributed by atoms with Gasteiger partial charge in [-0.2, -0.15) is 0 Å². The van der Waals surface area contributed by atoms with E-state index in [4.69, 9.17) is 9.15 Å². The van der Waals surface area contributed by atoms with Crippen LogP contribution in [0.5, 0.6) is 5.75 Å². The van der Waals surface area contributed by atoms with Crippen LogP contribution in [-0.2, 0) is 4.79 Å². The van der Waals surface area contributed by atoms with Crippen LogP contribution in [-0.4, -0.2) is 54.5 Å². The van der Waals surface area contributed by atoms with Crippen molar-refractivity contribution >= 4 is 17.5 Å². The van der Waals surface area contributed by atoms with Crippen molar-refractivity contribution in [2.45, 2.75) is 38.3 Å². The molecule has 3 heterocycles. The molecule has 2 amide bonds. The quantitative estimate of drug-likeness (QED) is 0.859. The van der Waals surface area contributed by atoms with E-state index >= 15 is 0 Å². The number of para-hydroxylation sites is 2. The molecule has 29 heavy (non-hydrogen) atoms. The van der Waals surface area contributed by atoms with Crippen molar-refractivity contribution in [1.82, 2.24) is 10.2 Å². The Morgan fingerprint density at radius 2 is 1.90 bits per heavy atom. The van der Waals surface area contributed by atoms with Gasteiger partial charge in [0.05, 0.1) is 25.0 Å². The number of hydrogen-bond donors (Lipinski definition) is 1. The Kier molecular flexibility index (Phi) is 5.22. The van der Waals surface area contributed by atoms with E-state index in [-0.39, 0.29) is 30.0 Å². The Morgan fingerprint density at radius 3 is 2.62 bits per heavy atom. The lowest BCUT2D eigenvalue weighted by atomic mass is 10.0. The second-order valence-electron chi connectivity index (χ2n) is 8.30. The monoisotopic (exact) mass is 397 g/mol. The van der Waals surface area contributed by atoms with Crippen molar-refractivity contribution in [2.75, 3.05) is 31.1 Å². The average Bonchev–Trinajstić information content (AvgIpc) is 3.22. The number of fused-ring (bicyclic) bond motifs is 1. The van der Waals surface area contributed by atoms with Crippen molar-refractivity contribution in [2.24, 2.45) is 0 Å². The molecule has 0 bridgehead atoms. The number of anilines is 1. The van der Waals surface area contributed by atoms with Gasteiger partial charge in [-0.25, -0.2) is 0 Å². The van der Waals surface area contributed by atoms with Crippen LogP contribution in [0.1, 0.15) is 37.2 Å². The summed E-state index contributed by atoms with van der Waals surface area (Å²) in [7, 11) is 0. The minimum absolute atomic E-state index is 0.00619. The molecule has 7 nitrogen and oxygen atoms in total. The minimum Gasteiger partial charge on any atom is -0.484 e. The maximum atomic E-state index is 12.7. The van der Waals surface area contributed by atoms with Crippen LogP contribution in [0.3, 0.4) is 0 Å². The summed E-state index contributed by atoms with van der Waals surface area (Å²) >= 11 is 0. The highest BCUT2D eigenvalue weighted by Gasteiger charge is 2.33. The lowest BCUT2D eigenvalue weighted by molar-refractivity contribution is -0.120. The highest BCUT2D eigenvalue weighted by Crippen LogP contribution is 2.36. The third-order valence-corrected chi connectivity index (χ3v) is 5.38. The van der Waals surface area contributed by atoms with E-state index in [2.05, 4.69) is 10.2 Å². The number of likely N-dealkylation sites (tertiary alicyclic amines) is 1. The molecular formula is C22H27N3O4. The summed E-state index contributed by atoms with van der Waals surface area (Å²) in [6, 6.07) is 11.3. The number of carbonyl (C=O) groups is 2. The van der Waals surface area contributed by atoms with Crippen LogP contribution in [0, 0.1) is 0 Å². The molecule has 0 aliphatic carbocycles. The first kappa shape index (κ1) is 19.4. The summed E-state index contributed by atoms with van der Waals surface area (Å²) in [5.74, 6) is 1.07. The first-order valence-electron chi connectivity index (χ1n) is 10.1. The molecule has 2 aliphatic heterocycles.